The summed E-state index contributed by atoms with van der Waals surface area (Å²) in [6.07, 6.45) is 3.92. The summed E-state index contributed by atoms with van der Waals surface area (Å²) in [5.41, 5.74) is 5.99. The van der Waals surface area contributed by atoms with Gasteiger partial charge in [0.1, 0.15) is 0 Å². The summed E-state index contributed by atoms with van der Waals surface area (Å²) in [5.74, 6) is 0. The normalized spacial score (nSPS) is 11.2. The average Bonchev–Trinajstić information content (AvgIpc) is 3.64. The van der Waals surface area contributed by atoms with Gasteiger partial charge in [-0.3, -0.25) is 9.11 Å². The maximum atomic E-state index is 10.5. The molecule has 4 aromatic carbocycles. The third kappa shape index (κ3) is 8.51. The van der Waals surface area contributed by atoms with Crippen LogP contribution in [0.5, 0.6) is 0 Å². The summed E-state index contributed by atoms with van der Waals surface area (Å²) in [4.78, 5) is 6.34. The average molecular weight is 665 g/mol. The Morgan fingerprint density at radius 1 is 0.468 bits per heavy atom. The molecular formula is C37H32N2O6S2. The molecule has 0 saturated carbocycles. The third-order valence-electron chi connectivity index (χ3n) is 7.24. The molecule has 0 fully saturated rings. The van der Waals surface area contributed by atoms with Gasteiger partial charge in [0.05, 0.1) is 9.79 Å². The number of aryl methyl sites for hydroxylation is 1. The van der Waals surface area contributed by atoms with E-state index in [1.165, 1.54) is 68.3 Å². The Morgan fingerprint density at radius 3 is 1.30 bits per heavy atom. The Balaban J connectivity index is 0.000000124. The lowest BCUT2D eigenvalue weighted by Gasteiger charge is -1.96. The number of nitrogens with one attached hydrogen (secondary N) is 2. The Morgan fingerprint density at radius 2 is 0.872 bits per heavy atom. The van der Waals surface area contributed by atoms with E-state index in [0.717, 1.165) is 5.56 Å². The molecular weight excluding hydrogens is 633 g/mol. The molecule has 2 aliphatic carbocycles. The molecule has 4 N–H and O–H groups in total. The molecule has 4 aromatic rings. The van der Waals surface area contributed by atoms with Crippen LogP contribution in [0, 0.1) is 6.92 Å². The van der Waals surface area contributed by atoms with Gasteiger partial charge in [0.15, 0.2) is 0 Å². The number of benzene rings is 4. The summed E-state index contributed by atoms with van der Waals surface area (Å²) in [6, 6.07) is 43.0. The highest BCUT2D eigenvalue weighted by molar-refractivity contribution is 7.86. The van der Waals surface area contributed by atoms with Crippen molar-refractivity contribution >= 4 is 41.8 Å². The molecule has 0 radical (unpaired) electrons. The van der Waals surface area contributed by atoms with Crippen LogP contribution in [0.4, 0.5) is 0 Å². The minimum absolute atomic E-state index is 0.0666. The van der Waals surface area contributed by atoms with Crippen LogP contribution in [0.1, 0.15) is 5.56 Å². The molecule has 0 bridgehead atoms. The van der Waals surface area contributed by atoms with Crippen LogP contribution in [-0.4, -0.2) is 35.9 Å². The van der Waals surface area contributed by atoms with Crippen LogP contribution >= 0.6 is 0 Å². The van der Waals surface area contributed by atoms with Crippen molar-refractivity contribution in [3.05, 3.63) is 157 Å². The predicted octanol–water partition coefficient (Wildman–Crippen LogP) is 8.72. The van der Waals surface area contributed by atoms with Crippen LogP contribution in [-0.2, 0) is 20.2 Å². The molecule has 2 aliphatic heterocycles. The number of H-pyrrole nitrogens is 2. The molecule has 0 spiro atoms. The zero-order chi connectivity index (χ0) is 33.4. The van der Waals surface area contributed by atoms with Gasteiger partial charge in [0.2, 0.25) is 0 Å². The van der Waals surface area contributed by atoms with E-state index in [-0.39, 0.29) is 9.79 Å². The summed E-state index contributed by atoms with van der Waals surface area (Å²) in [5, 5.41) is 5.27. The Hall–Kier alpha value is -5.26. The van der Waals surface area contributed by atoms with Crippen LogP contribution in [0.3, 0.4) is 0 Å². The summed E-state index contributed by atoms with van der Waals surface area (Å²) in [7, 11) is -8.02. The third-order valence-corrected chi connectivity index (χ3v) is 8.97. The van der Waals surface area contributed by atoms with Crippen molar-refractivity contribution in [2.75, 3.05) is 0 Å². The van der Waals surface area contributed by atoms with E-state index in [4.69, 9.17) is 9.11 Å². The van der Waals surface area contributed by atoms with E-state index in [9.17, 15) is 16.8 Å². The van der Waals surface area contributed by atoms with Gasteiger partial charge >= 0.3 is 0 Å². The second-order valence-electron chi connectivity index (χ2n) is 10.5. The highest BCUT2D eigenvalue weighted by atomic mass is 32.2. The van der Waals surface area contributed by atoms with Crippen LogP contribution in [0.2, 0.25) is 0 Å². The fourth-order valence-electron chi connectivity index (χ4n) is 4.96. The zero-order valence-corrected chi connectivity index (χ0v) is 26.9. The first-order valence-electron chi connectivity index (χ1n) is 14.5. The van der Waals surface area contributed by atoms with E-state index < -0.39 is 20.2 Å². The largest absolute Gasteiger partial charge is 0.361 e. The molecule has 8 nitrogen and oxygen atoms in total. The first kappa shape index (κ1) is 33.1. The molecule has 4 aliphatic rings. The number of hydrogen-bond acceptors (Lipinski definition) is 4. The molecule has 0 atom stereocenters. The number of aromatic amines is 2. The minimum atomic E-state index is -4.02. The van der Waals surface area contributed by atoms with Crippen molar-refractivity contribution < 1.29 is 25.9 Å². The van der Waals surface area contributed by atoms with Gasteiger partial charge in [-0.2, -0.15) is 16.8 Å². The Bertz CT molecular complexity index is 2260. The highest BCUT2D eigenvalue weighted by Crippen LogP contribution is 2.32. The van der Waals surface area contributed by atoms with E-state index in [0.29, 0.717) is 0 Å². The molecule has 0 unspecified atom stereocenters. The zero-order valence-electron chi connectivity index (χ0n) is 25.3. The molecule has 0 aromatic heterocycles. The SMILES string of the molecule is Cc1ccc(S(=O)(=O)O)cc1.O=S(=O)(O)c1ccccc1.c1c[nH]c2cc3ccccc3c-2c1.c1c[nH]c2cc3ccccc3c-2c1. The van der Waals surface area contributed by atoms with Crippen molar-refractivity contribution in [3.8, 4) is 22.5 Å². The molecule has 0 saturated heterocycles. The smallest absolute Gasteiger partial charge is 0.294 e. The minimum Gasteiger partial charge on any atom is -0.361 e. The van der Waals surface area contributed by atoms with Crippen molar-refractivity contribution in [1.29, 1.82) is 0 Å². The van der Waals surface area contributed by atoms with Gasteiger partial charge in [0.25, 0.3) is 20.2 Å². The summed E-state index contributed by atoms with van der Waals surface area (Å²) < 4.78 is 58.8. The second kappa shape index (κ2) is 14.4. The lowest BCUT2D eigenvalue weighted by atomic mass is 10.1. The lowest BCUT2D eigenvalue weighted by Crippen LogP contribution is -1.96. The molecule has 8 rings (SSSR count). The lowest BCUT2D eigenvalue weighted by molar-refractivity contribution is 0.481. The topological polar surface area (TPSA) is 140 Å². The van der Waals surface area contributed by atoms with Gasteiger partial charge in [0, 0.05) is 34.9 Å². The highest BCUT2D eigenvalue weighted by Gasteiger charge is 2.09. The number of aromatic nitrogens is 2. The van der Waals surface area contributed by atoms with E-state index in [1.54, 1.807) is 30.3 Å². The van der Waals surface area contributed by atoms with Crippen molar-refractivity contribution in [1.82, 2.24) is 9.97 Å². The van der Waals surface area contributed by atoms with E-state index in [2.05, 4.69) is 82.8 Å². The van der Waals surface area contributed by atoms with Gasteiger partial charge in [-0.25, -0.2) is 0 Å². The number of rotatable bonds is 2. The van der Waals surface area contributed by atoms with Crippen molar-refractivity contribution in [2.45, 2.75) is 16.7 Å². The maximum Gasteiger partial charge on any atom is 0.294 e. The molecule has 47 heavy (non-hydrogen) atoms. The Kier molecular flexibility index (Phi) is 10.2. The van der Waals surface area contributed by atoms with Gasteiger partial charge in [-0.05, 0) is 77.0 Å². The predicted molar refractivity (Wildman–Crippen MR) is 187 cm³/mol. The van der Waals surface area contributed by atoms with Crippen molar-refractivity contribution in [3.63, 3.8) is 0 Å². The number of pyridine rings is 2. The molecule has 2 heterocycles. The monoisotopic (exact) mass is 664 g/mol. The van der Waals surface area contributed by atoms with Crippen molar-refractivity contribution in [2.24, 2.45) is 0 Å². The molecule has 0 amide bonds. The quantitative estimate of drug-likeness (QED) is 0.136. The number of fused-ring (bicyclic) bond motifs is 6. The van der Waals surface area contributed by atoms with Crippen LogP contribution in [0.25, 0.3) is 44.1 Å². The first-order valence-corrected chi connectivity index (χ1v) is 17.3. The summed E-state index contributed by atoms with van der Waals surface area (Å²) >= 11 is 0. The fraction of sp³-hybridized carbons (Fsp3) is 0.0270. The summed E-state index contributed by atoms with van der Waals surface area (Å²) in [6.45, 7) is 1.84. The second-order valence-corrected chi connectivity index (χ2v) is 13.4. The standard InChI is InChI=1S/2C12H9N.C7H8O3S.C6H6O3S/c2*1-2-5-10-9(4-1)8-12-11(10)6-3-7-13-12;1-6-2-4-7(5-3-6)11(8,9)10;7-10(8,9)6-4-2-1-3-5-6/h2*1-8,13H;2-5H,1H3,(H,8,9,10);1-5H,(H,7,8,9). The van der Waals surface area contributed by atoms with Gasteiger partial charge in [-0.15, -0.1) is 0 Å². The Labute approximate surface area is 273 Å². The fourth-order valence-corrected chi connectivity index (χ4v) is 5.94. The molecule has 238 valence electrons. The van der Waals surface area contributed by atoms with Gasteiger partial charge in [-0.1, -0.05) is 96.6 Å². The van der Waals surface area contributed by atoms with E-state index in [1.807, 2.05) is 31.5 Å². The number of hydrogen-bond donors (Lipinski definition) is 4. The van der Waals surface area contributed by atoms with Crippen LogP contribution in [0.15, 0.2) is 162 Å². The van der Waals surface area contributed by atoms with Crippen LogP contribution < -0.4 is 0 Å². The first-order chi connectivity index (χ1) is 22.5. The maximum absolute atomic E-state index is 10.5. The van der Waals surface area contributed by atoms with E-state index >= 15 is 0 Å². The van der Waals surface area contributed by atoms with Gasteiger partial charge < -0.3 is 9.97 Å². The molecule has 10 heteroatoms.